The number of anilines is 1. The van der Waals surface area contributed by atoms with Crippen LogP contribution in [0.3, 0.4) is 0 Å². The molecule has 0 saturated heterocycles. The molecule has 1 aromatic carbocycles. The molecule has 3 heteroatoms. The third kappa shape index (κ3) is 12.0. The van der Waals surface area contributed by atoms with Crippen LogP contribution in [-0.4, -0.2) is 24.9 Å². The van der Waals surface area contributed by atoms with Crippen LogP contribution in [0.4, 0.5) is 5.69 Å². The lowest BCUT2D eigenvalue weighted by Crippen LogP contribution is -2.27. The third-order valence-electron chi connectivity index (χ3n) is 4.59. The summed E-state index contributed by atoms with van der Waals surface area (Å²) in [6.07, 6.45) is 16.2. The van der Waals surface area contributed by atoms with E-state index in [-0.39, 0.29) is 6.61 Å². The van der Waals surface area contributed by atoms with Gasteiger partial charge >= 0.3 is 0 Å². The second-order valence-corrected chi connectivity index (χ2v) is 6.88. The van der Waals surface area contributed by atoms with Gasteiger partial charge in [-0.3, -0.25) is 9.90 Å². The summed E-state index contributed by atoms with van der Waals surface area (Å²) in [7, 11) is 0. The summed E-state index contributed by atoms with van der Waals surface area (Å²) in [5, 5.41) is 11.0. The van der Waals surface area contributed by atoms with E-state index in [9.17, 15) is 5.11 Å². The maximum absolute atomic E-state index is 9.18. The van der Waals surface area contributed by atoms with Crippen LogP contribution >= 0.6 is 0 Å². The predicted octanol–water partition coefficient (Wildman–Crippen LogP) is 6.12. The van der Waals surface area contributed by atoms with Crippen LogP contribution in [0, 0.1) is 0 Å². The average Bonchev–Trinajstić information content (AvgIpc) is 2.65. The lowest BCUT2D eigenvalue weighted by atomic mass is 10.1. The third-order valence-corrected chi connectivity index (χ3v) is 4.59. The van der Waals surface area contributed by atoms with Gasteiger partial charge in [0.2, 0.25) is 0 Å². The molecule has 1 rings (SSSR count). The van der Waals surface area contributed by atoms with Crippen LogP contribution in [0.15, 0.2) is 30.3 Å². The Hall–Kier alpha value is -1.06. The molecule has 0 aliphatic heterocycles. The van der Waals surface area contributed by atoms with Crippen LogP contribution in [0.25, 0.3) is 0 Å². The number of aliphatic hydroxyl groups excluding tert-OH is 1. The van der Waals surface area contributed by atoms with Crippen molar-refractivity contribution in [2.75, 3.05) is 24.8 Å². The molecule has 0 heterocycles. The van der Waals surface area contributed by atoms with Gasteiger partial charge in [-0.25, -0.2) is 0 Å². The number of unbranched alkanes of at least 4 members (excludes halogenated alkanes) is 11. The Balaban J connectivity index is 1.93. The molecule has 0 aliphatic carbocycles. The largest absolute Gasteiger partial charge is 0.394 e. The molecule has 0 saturated carbocycles. The number of hydrogen-bond acceptors (Lipinski definition) is 3. The standard InChI is InChI=1S/C22H39NO2/c1-2-3-4-5-6-7-8-9-10-11-12-16-21-25-23(19-20-24)22-17-14-13-15-18-22/h13-15,17-18,24H,2-12,16,19-21H2,1H3. The van der Waals surface area contributed by atoms with Crippen molar-refractivity contribution >= 4 is 5.69 Å². The topological polar surface area (TPSA) is 32.7 Å². The highest BCUT2D eigenvalue weighted by molar-refractivity contribution is 5.43. The number of para-hydroxylation sites is 1. The van der Waals surface area contributed by atoms with Crippen molar-refractivity contribution in [1.82, 2.24) is 0 Å². The van der Waals surface area contributed by atoms with E-state index in [4.69, 9.17) is 4.84 Å². The summed E-state index contributed by atoms with van der Waals surface area (Å²) in [5.74, 6) is 0. The zero-order chi connectivity index (χ0) is 18.0. The second-order valence-electron chi connectivity index (χ2n) is 6.88. The summed E-state index contributed by atoms with van der Waals surface area (Å²) in [6, 6.07) is 10.0. The quantitative estimate of drug-likeness (QED) is 0.272. The summed E-state index contributed by atoms with van der Waals surface area (Å²) >= 11 is 0. The second kappa shape index (κ2) is 16.4. The maximum Gasteiger partial charge on any atom is 0.0748 e. The van der Waals surface area contributed by atoms with Crippen LogP contribution in [0.1, 0.15) is 84.0 Å². The van der Waals surface area contributed by atoms with Gasteiger partial charge in [0.05, 0.1) is 25.4 Å². The Morgan fingerprint density at radius 3 is 1.80 bits per heavy atom. The van der Waals surface area contributed by atoms with Gasteiger partial charge in [-0.05, 0) is 18.6 Å². The van der Waals surface area contributed by atoms with E-state index in [1.54, 1.807) is 5.06 Å². The molecule has 0 aromatic heterocycles. The molecule has 0 bridgehead atoms. The van der Waals surface area contributed by atoms with E-state index in [1.165, 1.54) is 70.6 Å². The van der Waals surface area contributed by atoms with Crippen molar-refractivity contribution < 1.29 is 9.94 Å². The number of hydrogen-bond donors (Lipinski definition) is 1. The Labute approximate surface area is 155 Å². The summed E-state index contributed by atoms with van der Waals surface area (Å²) < 4.78 is 0. The number of rotatable bonds is 17. The molecule has 3 nitrogen and oxygen atoms in total. The molecule has 0 unspecified atom stereocenters. The van der Waals surface area contributed by atoms with E-state index >= 15 is 0 Å². The van der Waals surface area contributed by atoms with Crippen molar-refractivity contribution in [1.29, 1.82) is 0 Å². The van der Waals surface area contributed by atoms with Crippen molar-refractivity contribution in [2.24, 2.45) is 0 Å². The first-order valence-corrected chi connectivity index (χ1v) is 10.4. The highest BCUT2D eigenvalue weighted by atomic mass is 16.7. The number of aliphatic hydroxyl groups is 1. The fraction of sp³-hybridized carbons (Fsp3) is 0.727. The Bertz CT molecular complexity index is 383. The van der Waals surface area contributed by atoms with Gasteiger partial charge in [0.25, 0.3) is 0 Å². The van der Waals surface area contributed by atoms with Crippen LogP contribution in [-0.2, 0) is 4.84 Å². The molecule has 144 valence electrons. The molecule has 0 amide bonds. The lowest BCUT2D eigenvalue weighted by Gasteiger charge is -2.23. The van der Waals surface area contributed by atoms with E-state index in [0.717, 1.165) is 18.7 Å². The molecular weight excluding hydrogens is 310 g/mol. The fourth-order valence-electron chi connectivity index (χ4n) is 3.07. The molecule has 0 aliphatic rings. The molecule has 1 N–H and O–H groups in total. The Morgan fingerprint density at radius 2 is 1.28 bits per heavy atom. The Morgan fingerprint density at radius 1 is 0.760 bits per heavy atom. The van der Waals surface area contributed by atoms with Crippen LogP contribution < -0.4 is 5.06 Å². The van der Waals surface area contributed by atoms with Gasteiger partial charge < -0.3 is 5.11 Å². The molecule has 0 fully saturated rings. The highest BCUT2D eigenvalue weighted by Gasteiger charge is 2.05. The first-order chi connectivity index (χ1) is 12.4. The van der Waals surface area contributed by atoms with Gasteiger partial charge in [0.15, 0.2) is 0 Å². The van der Waals surface area contributed by atoms with Crippen molar-refractivity contribution in [3.63, 3.8) is 0 Å². The summed E-state index contributed by atoms with van der Waals surface area (Å²) in [5.41, 5.74) is 1.01. The van der Waals surface area contributed by atoms with E-state index in [2.05, 4.69) is 6.92 Å². The molecular formula is C22H39NO2. The van der Waals surface area contributed by atoms with Crippen LogP contribution in [0.2, 0.25) is 0 Å². The highest BCUT2D eigenvalue weighted by Crippen LogP contribution is 2.15. The number of benzene rings is 1. The first-order valence-electron chi connectivity index (χ1n) is 10.4. The maximum atomic E-state index is 9.18. The Kier molecular flexibility index (Phi) is 14.4. The predicted molar refractivity (Wildman–Crippen MR) is 108 cm³/mol. The molecule has 1 aromatic rings. The number of hydroxylamine groups is 1. The van der Waals surface area contributed by atoms with Crippen molar-refractivity contribution in [2.45, 2.75) is 84.0 Å². The van der Waals surface area contributed by atoms with Gasteiger partial charge in [-0.15, -0.1) is 0 Å². The van der Waals surface area contributed by atoms with Gasteiger partial charge in [-0.2, -0.15) is 0 Å². The normalized spacial score (nSPS) is 11.0. The number of nitrogens with zero attached hydrogens (tertiary/aromatic N) is 1. The minimum Gasteiger partial charge on any atom is -0.394 e. The molecule has 0 radical (unpaired) electrons. The summed E-state index contributed by atoms with van der Waals surface area (Å²) in [6.45, 7) is 3.62. The van der Waals surface area contributed by atoms with E-state index < -0.39 is 0 Å². The lowest BCUT2D eigenvalue weighted by molar-refractivity contribution is 0.0934. The summed E-state index contributed by atoms with van der Waals surface area (Å²) in [4.78, 5) is 5.83. The zero-order valence-electron chi connectivity index (χ0n) is 16.3. The zero-order valence-corrected chi connectivity index (χ0v) is 16.3. The van der Waals surface area contributed by atoms with E-state index in [0.29, 0.717) is 6.54 Å². The van der Waals surface area contributed by atoms with Crippen molar-refractivity contribution in [3.05, 3.63) is 30.3 Å². The average molecular weight is 350 g/mol. The minimum atomic E-state index is 0.105. The van der Waals surface area contributed by atoms with Crippen LogP contribution in [0.5, 0.6) is 0 Å². The molecule has 0 atom stereocenters. The van der Waals surface area contributed by atoms with E-state index in [1.807, 2.05) is 30.3 Å². The fourth-order valence-corrected chi connectivity index (χ4v) is 3.07. The SMILES string of the molecule is CCCCCCCCCCCCCCON(CCO)c1ccccc1. The molecule has 25 heavy (non-hydrogen) atoms. The monoisotopic (exact) mass is 349 g/mol. The van der Waals surface area contributed by atoms with Gasteiger partial charge in [0.1, 0.15) is 0 Å². The minimum absolute atomic E-state index is 0.105. The van der Waals surface area contributed by atoms with Crippen molar-refractivity contribution in [3.8, 4) is 0 Å². The first kappa shape index (κ1) is 22.0. The van der Waals surface area contributed by atoms with Gasteiger partial charge in [-0.1, -0.05) is 95.8 Å². The molecule has 0 spiro atoms. The smallest absolute Gasteiger partial charge is 0.0748 e. The van der Waals surface area contributed by atoms with Gasteiger partial charge in [0, 0.05) is 0 Å².